The highest BCUT2D eigenvalue weighted by Gasteiger charge is 2.65. The standard InChI is InChI=1S/C25H25NO5/c1-28-19-10-8-15-14-18-17-9-11-20(29-2)23-25(17,21(15)22(19)31-23)12-13-26(18)24(27)30-16-6-4-3-5-7-16/h3-8,10-11,17-18,23H,9,12-14H2,1-2H3/t17-,18?,23-,25-/m1/s1. The molecule has 31 heavy (non-hydrogen) atoms. The SMILES string of the molecule is COC1=CC[C@@H]2C3Cc4ccc(OC)c5c4[C@]2(CCN3C(=O)Oc2ccccc2)[C@@H]1O5. The van der Waals surface area contributed by atoms with Crippen LogP contribution in [0.1, 0.15) is 24.0 Å². The molecule has 2 aromatic rings. The van der Waals surface area contributed by atoms with Gasteiger partial charge < -0.3 is 23.8 Å². The summed E-state index contributed by atoms with van der Waals surface area (Å²) >= 11 is 0. The molecule has 4 atom stereocenters. The highest BCUT2D eigenvalue weighted by atomic mass is 16.6. The number of hydrogen-bond acceptors (Lipinski definition) is 5. The van der Waals surface area contributed by atoms with E-state index in [1.165, 1.54) is 11.1 Å². The Kier molecular flexibility index (Phi) is 4.01. The number of rotatable bonds is 3. The van der Waals surface area contributed by atoms with Gasteiger partial charge in [0, 0.05) is 18.2 Å². The van der Waals surface area contributed by atoms with Gasteiger partial charge in [0.05, 0.1) is 19.6 Å². The summed E-state index contributed by atoms with van der Waals surface area (Å²) in [5, 5.41) is 0. The fraction of sp³-hybridized carbons (Fsp3) is 0.400. The second kappa shape index (κ2) is 6.67. The van der Waals surface area contributed by atoms with Crippen LogP contribution < -0.4 is 14.2 Å². The van der Waals surface area contributed by atoms with Gasteiger partial charge in [-0.05, 0) is 55.0 Å². The van der Waals surface area contributed by atoms with Gasteiger partial charge in [0.2, 0.25) is 0 Å². The number of nitrogens with zero attached hydrogens (tertiary/aromatic N) is 1. The number of allylic oxidation sites excluding steroid dienone is 1. The van der Waals surface area contributed by atoms with E-state index in [9.17, 15) is 4.79 Å². The molecule has 1 saturated heterocycles. The third kappa shape index (κ3) is 2.42. The van der Waals surface area contributed by atoms with Crippen LogP contribution in [0.4, 0.5) is 4.79 Å². The summed E-state index contributed by atoms with van der Waals surface area (Å²) in [6.07, 6.45) is 4.11. The Morgan fingerprint density at radius 2 is 1.97 bits per heavy atom. The molecular weight excluding hydrogens is 394 g/mol. The van der Waals surface area contributed by atoms with Crippen molar-refractivity contribution >= 4 is 6.09 Å². The summed E-state index contributed by atoms with van der Waals surface area (Å²) < 4.78 is 23.7. The summed E-state index contributed by atoms with van der Waals surface area (Å²) in [7, 11) is 3.39. The van der Waals surface area contributed by atoms with Crippen molar-refractivity contribution in [3.8, 4) is 17.2 Å². The molecule has 0 aromatic heterocycles. The van der Waals surface area contributed by atoms with E-state index in [4.69, 9.17) is 18.9 Å². The molecular formula is C25H25NO5. The molecule has 6 rings (SSSR count). The van der Waals surface area contributed by atoms with Crippen molar-refractivity contribution in [1.29, 1.82) is 0 Å². The number of ether oxygens (including phenoxy) is 4. The Morgan fingerprint density at radius 1 is 1.13 bits per heavy atom. The summed E-state index contributed by atoms with van der Waals surface area (Å²) in [4.78, 5) is 15.1. The maximum atomic E-state index is 13.2. The first kappa shape index (κ1) is 18.6. The monoisotopic (exact) mass is 419 g/mol. The number of carbonyl (C=O) groups excluding carboxylic acids is 1. The minimum Gasteiger partial charge on any atom is -0.497 e. The van der Waals surface area contributed by atoms with Gasteiger partial charge in [0.25, 0.3) is 0 Å². The predicted octanol–water partition coefficient (Wildman–Crippen LogP) is 4.07. The Balaban J connectivity index is 1.43. The van der Waals surface area contributed by atoms with Crippen molar-refractivity contribution in [3.05, 3.63) is 65.4 Å². The molecule has 1 amide bonds. The lowest BCUT2D eigenvalue weighted by molar-refractivity contribution is -0.0271. The molecule has 6 heteroatoms. The average molecular weight is 419 g/mol. The largest absolute Gasteiger partial charge is 0.497 e. The normalized spacial score (nSPS) is 29.4. The molecule has 1 unspecified atom stereocenters. The minimum absolute atomic E-state index is 0.0533. The van der Waals surface area contributed by atoms with Crippen molar-refractivity contribution in [3.63, 3.8) is 0 Å². The quantitative estimate of drug-likeness (QED) is 0.751. The molecule has 0 radical (unpaired) electrons. The van der Waals surface area contributed by atoms with Crippen LogP contribution in [0.25, 0.3) is 0 Å². The zero-order valence-electron chi connectivity index (χ0n) is 17.7. The van der Waals surface area contributed by atoms with E-state index in [0.717, 1.165) is 36.5 Å². The Hall–Kier alpha value is -3.15. The Labute approximate surface area is 181 Å². The number of benzene rings is 2. The van der Waals surface area contributed by atoms with Crippen LogP contribution >= 0.6 is 0 Å². The zero-order valence-corrected chi connectivity index (χ0v) is 17.7. The molecule has 0 N–H and O–H groups in total. The van der Waals surface area contributed by atoms with Crippen LogP contribution in [-0.4, -0.2) is 43.9 Å². The molecule has 160 valence electrons. The predicted molar refractivity (Wildman–Crippen MR) is 114 cm³/mol. The molecule has 6 nitrogen and oxygen atoms in total. The highest BCUT2D eigenvalue weighted by molar-refractivity contribution is 5.73. The first-order valence-corrected chi connectivity index (χ1v) is 10.8. The van der Waals surface area contributed by atoms with Crippen LogP contribution in [0.2, 0.25) is 0 Å². The van der Waals surface area contributed by atoms with E-state index in [-0.39, 0.29) is 29.6 Å². The molecule has 2 heterocycles. The molecule has 2 bridgehead atoms. The number of amides is 1. The number of likely N-dealkylation sites (tertiary alicyclic amines) is 1. The fourth-order valence-electron chi connectivity index (χ4n) is 6.34. The molecule has 1 spiro atoms. The van der Waals surface area contributed by atoms with E-state index in [1.807, 2.05) is 41.3 Å². The number of piperidine rings is 1. The smallest absolute Gasteiger partial charge is 0.415 e. The third-order valence-corrected chi connectivity index (χ3v) is 7.57. The second-order valence-corrected chi connectivity index (χ2v) is 8.72. The van der Waals surface area contributed by atoms with Crippen molar-refractivity contribution in [2.45, 2.75) is 36.8 Å². The van der Waals surface area contributed by atoms with E-state index < -0.39 is 0 Å². The van der Waals surface area contributed by atoms with Crippen molar-refractivity contribution < 1.29 is 23.7 Å². The average Bonchev–Trinajstić information content (AvgIpc) is 3.14. The van der Waals surface area contributed by atoms with Crippen LogP contribution in [0.5, 0.6) is 17.2 Å². The third-order valence-electron chi connectivity index (χ3n) is 7.57. The maximum absolute atomic E-state index is 13.2. The van der Waals surface area contributed by atoms with Gasteiger partial charge in [-0.25, -0.2) is 4.79 Å². The molecule has 2 aromatic carbocycles. The topological polar surface area (TPSA) is 57.2 Å². The van der Waals surface area contributed by atoms with Gasteiger partial charge >= 0.3 is 6.09 Å². The zero-order chi connectivity index (χ0) is 21.2. The lowest BCUT2D eigenvalue weighted by atomic mass is 9.53. The van der Waals surface area contributed by atoms with E-state index in [2.05, 4.69) is 12.1 Å². The molecule has 2 aliphatic carbocycles. The molecule has 2 aliphatic heterocycles. The van der Waals surface area contributed by atoms with Crippen molar-refractivity contribution in [1.82, 2.24) is 4.90 Å². The Morgan fingerprint density at radius 3 is 2.74 bits per heavy atom. The molecule has 0 saturated carbocycles. The van der Waals surface area contributed by atoms with Crippen LogP contribution in [0.15, 0.2) is 54.3 Å². The summed E-state index contributed by atoms with van der Waals surface area (Å²) in [6, 6.07) is 13.4. The van der Waals surface area contributed by atoms with Crippen molar-refractivity contribution in [2.24, 2.45) is 5.92 Å². The van der Waals surface area contributed by atoms with Crippen LogP contribution in [-0.2, 0) is 16.6 Å². The lowest BCUT2D eigenvalue weighted by Crippen LogP contribution is -2.65. The van der Waals surface area contributed by atoms with Gasteiger partial charge in [-0.3, -0.25) is 0 Å². The number of para-hydroxylation sites is 1. The maximum Gasteiger partial charge on any atom is 0.415 e. The van der Waals surface area contributed by atoms with Crippen LogP contribution in [0.3, 0.4) is 0 Å². The first-order valence-electron chi connectivity index (χ1n) is 10.8. The molecule has 1 fully saturated rings. The van der Waals surface area contributed by atoms with Gasteiger partial charge in [0.15, 0.2) is 17.6 Å². The van der Waals surface area contributed by atoms with Gasteiger partial charge in [-0.1, -0.05) is 24.3 Å². The van der Waals surface area contributed by atoms with Crippen LogP contribution in [0, 0.1) is 5.92 Å². The summed E-state index contributed by atoms with van der Waals surface area (Å²) in [6.45, 7) is 0.625. The second-order valence-electron chi connectivity index (χ2n) is 8.72. The fourth-order valence-corrected chi connectivity index (χ4v) is 6.34. The Bertz CT molecular complexity index is 1080. The van der Waals surface area contributed by atoms with E-state index in [0.29, 0.717) is 12.3 Å². The number of methoxy groups -OCH3 is 2. The van der Waals surface area contributed by atoms with E-state index in [1.54, 1.807) is 14.2 Å². The number of hydrogen-bond donors (Lipinski definition) is 0. The van der Waals surface area contributed by atoms with E-state index >= 15 is 0 Å². The highest BCUT2D eigenvalue weighted by Crippen LogP contribution is 2.63. The molecule has 4 aliphatic rings. The minimum atomic E-state index is -0.278. The van der Waals surface area contributed by atoms with Gasteiger partial charge in [-0.2, -0.15) is 0 Å². The van der Waals surface area contributed by atoms with Gasteiger partial charge in [0.1, 0.15) is 11.5 Å². The number of carbonyl (C=O) groups is 1. The lowest BCUT2D eigenvalue weighted by Gasteiger charge is -2.56. The summed E-state index contributed by atoms with van der Waals surface area (Å²) in [5.41, 5.74) is 2.29. The first-order chi connectivity index (χ1) is 15.2. The van der Waals surface area contributed by atoms with Crippen molar-refractivity contribution in [2.75, 3.05) is 20.8 Å². The van der Waals surface area contributed by atoms with Gasteiger partial charge in [-0.15, -0.1) is 0 Å². The summed E-state index contributed by atoms with van der Waals surface area (Å²) in [5.74, 6) is 3.30.